The van der Waals surface area contributed by atoms with Gasteiger partial charge in [0.15, 0.2) is 0 Å². The van der Waals surface area contributed by atoms with Crippen LogP contribution >= 0.6 is 27.7 Å². The van der Waals surface area contributed by atoms with Crippen molar-refractivity contribution < 1.29 is 13.6 Å². The first-order valence-corrected chi connectivity index (χ1v) is 7.95. The first-order valence-electron chi connectivity index (χ1n) is 6.00. The van der Waals surface area contributed by atoms with Crippen molar-refractivity contribution in [1.82, 2.24) is 5.32 Å². The Labute approximate surface area is 129 Å². The molecule has 1 aromatic carbocycles. The summed E-state index contributed by atoms with van der Waals surface area (Å²) in [5, 5.41) is 2.76. The van der Waals surface area contributed by atoms with E-state index in [-0.39, 0.29) is 5.91 Å². The predicted octanol–water partition coefficient (Wildman–Crippen LogP) is 3.84. The number of rotatable bonds is 6. The van der Waals surface area contributed by atoms with Gasteiger partial charge < -0.3 is 9.73 Å². The summed E-state index contributed by atoms with van der Waals surface area (Å²) in [6.45, 7) is 0.521. The molecule has 1 heterocycles. The normalized spacial score (nSPS) is 10.5. The van der Waals surface area contributed by atoms with E-state index in [1.807, 2.05) is 12.1 Å². The van der Waals surface area contributed by atoms with Gasteiger partial charge in [-0.1, -0.05) is 0 Å². The Morgan fingerprint density at radius 1 is 1.40 bits per heavy atom. The molecule has 0 fully saturated rings. The standard InChI is InChI=1S/C14H13BrFNO2S/c15-13-4-3-10(16)8-12(13)14(18)17-5-7-20-9-11-2-1-6-19-11/h1-4,6,8H,5,7,9H2,(H,17,18). The fourth-order valence-corrected chi connectivity index (χ4v) is 2.75. The zero-order chi connectivity index (χ0) is 14.4. The summed E-state index contributed by atoms with van der Waals surface area (Å²) in [4.78, 5) is 11.9. The second-order valence-electron chi connectivity index (χ2n) is 4.01. The van der Waals surface area contributed by atoms with E-state index >= 15 is 0 Å². The number of carbonyl (C=O) groups excluding carboxylic acids is 1. The van der Waals surface area contributed by atoms with Crippen molar-refractivity contribution in [1.29, 1.82) is 0 Å². The van der Waals surface area contributed by atoms with Crippen LogP contribution in [0.3, 0.4) is 0 Å². The number of halogens is 2. The van der Waals surface area contributed by atoms with Gasteiger partial charge in [-0.15, -0.1) is 0 Å². The van der Waals surface area contributed by atoms with E-state index in [9.17, 15) is 9.18 Å². The molecule has 0 bridgehead atoms. The fourth-order valence-electron chi connectivity index (χ4n) is 1.57. The largest absolute Gasteiger partial charge is 0.468 e. The maximum absolute atomic E-state index is 13.1. The number of nitrogens with one attached hydrogen (secondary N) is 1. The Hall–Kier alpha value is -1.27. The molecule has 20 heavy (non-hydrogen) atoms. The summed E-state index contributed by atoms with van der Waals surface area (Å²) in [6.07, 6.45) is 1.64. The number of amides is 1. The van der Waals surface area contributed by atoms with Gasteiger partial charge in [-0.2, -0.15) is 11.8 Å². The van der Waals surface area contributed by atoms with Crippen molar-refractivity contribution in [2.24, 2.45) is 0 Å². The molecule has 0 aliphatic heterocycles. The van der Waals surface area contributed by atoms with Gasteiger partial charge in [-0.05, 0) is 46.3 Å². The van der Waals surface area contributed by atoms with Gasteiger partial charge in [-0.25, -0.2) is 4.39 Å². The molecule has 2 aromatic rings. The molecular weight excluding hydrogens is 345 g/mol. The van der Waals surface area contributed by atoms with Gasteiger partial charge in [0, 0.05) is 16.8 Å². The lowest BCUT2D eigenvalue weighted by Crippen LogP contribution is -2.26. The van der Waals surface area contributed by atoms with Crippen LogP contribution < -0.4 is 5.32 Å². The van der Waals surface area contributed by atoms with E-state index in [2.05, 4.69) is 21.2 Å². The van der Waals surface area contributed by atoms with E-state index in [4.69, 9.17) is 4.42 Å². The molecule has 0 atom stereocenters. The topological polar surface area (TPSA) is 42.2 Å². The maximum atomic E-state index is 13.1. The van der Waals surface area contributed by atoms with Gasteiger partial charge in [-0.3, -0.25) is 4.79 Å². The number of carbonyl (C=O) groups is 1. The van der Waals surface area contributed by atoms with Crippen LogP contribution in [0, 0.1) is 5.82 Å². The third kappa shape index (κ3) is 4.38. The van der Waals surface area contributed by atoms with Crippen molar-refractivity contribution in [2.75, 3.05) is 12.3 Å². The molecule has 0 aliphatic carbocycles. The highest BCUT2D eigenvalue weighted by Gasteiger charge is 2.10. The minimum absolute atomic E-state index is 0.282. The van der Waals surface area contributed by atoms with Crippen LogP contribution in [0.1, 0.15) is 16.1 Å². The molecule has 1 amide bonds. The Kier molecular flexibility index (Phi) is 5.67. The van der Waals surface area contributed by atoms with Crippen LogP contribution in [0.4, 0.5) is 4.39 Å². The van der Waals surface area contributed by atoms with Crippen molar-refractivity contribution in [3.8, 4) is 0 Å². The Morgan fingerprint density at radius 2 is 2.25 bits per heavy atom. The lowest BCUT2D eigenvalue weighted by atomic mass is 10.2. The third-order valence-electron chi connectivity index (χ3n) is 2.53. The highest BCUT2D eigenvalue weighted by Crippen LogP contribution is 2.17. The Morgan fingerprint density at radius 3 is 3.00 bits per heavy atom. The summed E-state index contributed by atoms with van der Waals surface area (Å²) in [5.41, 5.74) is 0.307. The molecule has 2 rings (SSSR count). The van der Waals surface area contributed by atoms with E-state index in [0.717, 1.165) is 17.3 Å². The van der Waals surface area contributed by atoms with Crippen molar-refractivity contribution in [3.05, 3.63) is 58.2 Å². The average molecular weight is 358 g/mol. The van der Waals surface area contributed by atoms with Crippen LogP contribution in [0.5, 0.6) is 0 Å². The SMILES string of the molecule is O=C(NCCSCc1ccco1)c1cc(F)ccc1Br. The van der Waals surface area contributed by atoms with Crippen molar-refractivity contribution >= 4 is 33.6 Å². The molecule has 1 N–H and O–H groups in total. The molecule has 3 nitrogen and oxygen atoms in total. The van der Waals surface area contributed by atoms with Gasteiger partial charge in [0.25, 0.3) is 5.91 Å². The highest BCUT2D eigenvalue weighted by atomic mass is 79.9. The predicted molar refractivity (Wildman–Crippen MR) is 81.3 cm³/mol. The Balaban J connectivity index is 1.73. The summed E-state index contributed by atoms with van der Waals surface area (Å²) in [7, 11) is 0. The van der Waals surface area contributed by atoms with Gasteiger partial charge in [0.1, 0.15) is 11.6 Å². The van der Waals surface area contributed by atoms with Crippen LogP contribution in [-0.2, 0) is 5.75 Å². The third-order valence-corrected chi connectivity index (χ3v) is 4.20. The van der Waals surface area contributed by atoms with Gasteiger partial charge in [0.2, 0.25) is 0 Å². The molecule has 0 saturated carbocycles. The number of furan rings is 1. The zero-order valence-corrected chi connectivity index (χ0v) is 13.0. The molecule has 6 heteroatoms. The molecule has 0 spiro atoms. The molecule has 0 radical (unpaired) electrons. The van der Waals surface area contributed by atoms with Gasteiger partial charge in [0.05, 0.1) is 17.6 Å². The molecule has 1 aromatic heterocycles. The minimum atomic E-state index is -0.425. The average Bonchev–Trinajstić information content (AvgIpc) is 2.94. The second kappa shape index (κ2) is 7.50. The Bertz CT molecular complexity index is 575. The first kappa shape index (κ1) is 15.1. The lowest BCUT2D eigenvalue weighted by Gasteiger charge is -2.06. The van der Waals surface area contributed by atoms with Crippen molar-refractivity contribution in [3.63, 3.8) is 0 Å². The number of benzene rings is 1. The zero-order valence-electron chi connectivity index (χ0n) is 10.6. The van der Waals surface area contributed by atoms with E-state index in [1.165, 1.54) is 18.2 Å². The molecule has 0 unspecified atom stereocenters. The van der Waals surface area contributed by atoms with E-state index < -0.39 is 5.82 Å². The summed E-state index contributed by atoms with van der Waals surface area (Å²) in [6, 6.07) is 7.81. The van der Waals surface area contributed by atoms with Crippen molar-refractivity contribution in [2.45, 2.75) is 5.75 Å². The summed E-state index contributed by atoms with van der Waals surface area (Å²) >= 11 is 4.90. The van der Waals surface area contributed by atoms with Crippen LogP contribution in [-0.4, -0.2) is 18.2 Å². The highest BCUT2D eigenvalue weighted by molar-refractivity contribution is 9.10. The smallest absolute Gasteiger partial charge is 0.252 e. The van der Waals surface area contributed by atoms with Crippen LogP contribution in [0.25, 0.3) is 0 Å². The maximum Gasteiger partial charge on any atom is 0.252 e. The summed E-state index contributed by atoms with van der Waals surface area (Å²) < 4.78 is 18.9. The minimum Gasteiger partial charge on any atom is -0.468 e. The quantitative estimate of drug-likeness (QED) is 0.798. The van der Waals surface area contributed by atoms with Crippen LogP contribution in [0.2, 0.25) is 0 Å². The summed E-state index contributed by atoms with van der Waals surface area (Å²) in [5.74, 6) is 1.74. The molecule has 0 aliphatic rings. The van der Waals surface area contributed by atoms with E-state index in [0.29, 0.717) is 16.6 Å². The van der Waals surface area contributed by atoms with E-state index in [1.54, 1.807) is 18.0 Å². The molecular formula is C14H13BrFNO2S. The monoisotopic (exact) mass is 357 g/mol. The molecule has 106 valence electrons. The number of hydrogen-bond acceptors (Lipinski definition) is 3. The number of thioether (sulfide) groups is 1. The van der Waals surface area contributed by atoms with Crippen LogP contribution in [0.15, 0.2) is 45.5 Å². The number of hydrogen-bond donors (Lipinski definition) is 1. The fraction of sp³-hybridized carbons (Fsp3) is 0.214. The first-order chi connectivity index (χ1) is 9.66. The molecule has 0 saturated heterocycles. The lowest BCUT2D eigenvalue weighted by molar-refractivity contribution is 0.0955. The van der Waals surface area contributed by atoms with Gasteiger partial charge >= 0.3 is 0 Å². The second-order valence-corrected chi connectivity index (χ2v) is 5.97.